The Morgan fingerprint density at radius 3 is 2.55 bits per heavy atom. The van der Waals surface area contributed by atoms with Crippen molar-refractivity contribution in [1.82, 2.24) is 19.6 Å². The van der Waals surface area contributed by atoms with Crippen molar-refractivity contribution in [2.45, 2.75) is 26.4 Å². The number of carbonyl (C=O) groups excluding carboxylic acids is 1. The van der Waals surface area contributed by atoms with Crippen LogP contribution in [0.3, 0.4) is 0 Å². The molecular weight excluding hydrogens is 276 g/mol. The van der Waals surface area contributed by atoms with Crippen LogP contribution in [0.1, 0.15) is 19.4 Å². The normalized spacial score (nSPS) is 11.2. The van der Waals surface area contributed by atoms with E-state index in [-0.39, 0.29) is 11.9 Å². The standard InChI is InChI=1S/C17H24N4O/c1-14(2)20(4)17(22)13-19(3)11-15-10-18-21(12-15)16-8-6-5-7-9-16/h5-10,12,14H,11,13H2,1-4H3. The Bertz CT molecular complexity index is 606. The number of rotatable bonds is 6. The van der Waals surface area contributed by atoms with Gasteiger partial charge in [-0.15, -0.1) is 0 Å². The van der Waals surface area contributed by atoms with Gasteiger partial charge in [0, 0.05) is 31.4 Å². The number of nitrogens with zero attached hydrogens (tertiary/aromatic N) is 4. The van der Waals surface area contributed by atoms with Gasteiger partial charge in [-0.3, -0.25) is 9.69 Å². The Labute approximate surface area is 132 Å². The molecule has 5 nitrogen and oxygen atoms in total. The third-order valence-electron chi connectivity index (χ3n) is 3.68. The zero-order valence-corrected chi connectivity index (χ0v) is 13.7. The molecule has 0 aliphatic rings. The third-order valence-corrected chi connectivity index (χ3v) is 3.68. The predicted octanol–water partition coefficient (Wildman–Crippen LogP) is 2.17. The molecule has 1 heterocycles. The molecule has 118 valence electrons. The summed E-state index contributed by atoms with van der Waals surface area (Å²) in [6.45, 7) is 5.14. The minimum Gasteiger partial charge on any atom is -0.342 e. The highest BCUT2D eigenvalue weighted by Crippen LogP contribution is 2.09. The maximum absolute atomic E-state index is 12.1. The summed E-state index contributed by atoms with van der Waals surface area (Å²) in [4.78, 5) is 15.9. The van der Waals surface area contributed by atoms with E-state index in [2.05, 4.69) is 5.10 Å². The maximum atomic E-state index is 12.1. The summed E-state index contributed by atoms with van der Waals surface area (Å²) < 4.78 is 1.85. The van der Waals surface area contributed by atoms with Crippen molar-refractivity contribution in [3.05, 3.63) is 48.3 Å². The molecule has 2 rings (SSSR count). The molecule has 0 N–H and O–H groups in total. The lowest BCUT2D eigenvalue weighted by Gasteiger charge is -2.24. The molecule has 0 aliphatic carbocycles. The van der Waals surface area contributed by atoms with Gasteiger partial charge in [0.2, 0.25) is 5.91 Å². The summed E-state index contributed by atoms with van der Waals surface area (Å²) in [6.07, 6.45) is 3.85. The molecule has 0 fully saturated rings. The fourth-order valence-corrected chi connectivity index (χ4v) is 2.16. The van der Waals surface area contributed by atoms with Crippen molar-refractivity contribution in [1.29, 1.82) is 0 Å². The van der Waals surface area contributed by atoms with Gasteiger partial charge in [0.15, 0.2) is 0 Å². The molecule has 0 bridgehead atoms. The van der Waals surface area contributed by atoms with Crippen molar-refractivity contribution in [2.24, 2.45) is 0 Å². The molecule has 0 saturated carbocycles. The van der Waals surface area contributed by atoms with Crippen LogP contribution in [0.2, 0.25) is 0 Å². The molecule has 0 radical (unpaired) electrons. The summed E-state index contributed by atoms with van der Waals surface area (Å²) in [7, 11) is 3.79. The number of amides is 1. The number of carbonyl (C=O) groups is 1. The fourth-order valence-electron chi connectivity index (χ4n) is 2.16. The van der Waals surface area contributed by atoms with Crippen molar-refractivity contribution >= 4 is 5.91 Å². The second kappa shape index (κ2) is 7.22. The van der Waals surface area contributed by atoms with Gasteiger partial charge >= 0.3 is 0 Å². The monoisotopic (exact) mass is 300 g/mol. The highest BCUT2D eigenvalue weighted by atomic mass is 16.2. The first-order chi connectivity index (χ1) is 10.5. The average Bonchev–Trinajstić information content (AvgIpc) is 2.95. The number of hydrogen-bond acceptors (Lipinski definition) is 3. The maximum Gasteiger partial charge on any atom is 0.236 e. The van der Waals surface area contributed by atoms with Crippen LogP contribution in [0.4, 0.5) is 0 Å². The van der Waals surface area contributed by atoms with E-state index >= 15 is 0 Å². The van der Waals surface area contributed by atoms with E-state index in [1.807, 2.05) is 80.3 Å². The van der Waals surface area contributed by atoms with Crippen LogP contribution < -0.4 is 0 Å². The zero-order chi connectivity index (χ0) is 16.1. The van der Waals surface area contributed by atoms with Gasteiger partial charge < -0.3 is 4.90 Å². The zero-order valence-electron chi connectivity index (χ0n) is 13.7. The molecule has 5 heteroatoms. The Morgan fingerprint density at radius 2 is 1.91 bits per heavy atom. The van der Waals surface area contributed by atoms with Gasteiger partial charge in [-0.05, 0) is 33.0 Å². The van der Waals surface area contributed by atoms with Crippen LogP contribution in [-0.2, 0) is 11.3 Å². The SMILES string of the molecule is CC(C)N(C)C(=O)CN(C)Cc1cnn(-c2ccccc2)c1. The van der Waals surface area contributed by atoms with Gasteiger partial charge in [-0.1, -0.05) is 18.2 Å². The molecular formula is C17H24N4O. The summed E-state index contributed by atoms with van der Waals surface area (Å²) >= 11 is 0. The van der Waals surface area contributed by atoms with Crippen LogP contribution in [0.25, 0.3) is 5.69 Å². The third kappa shape index (κ3) is 4.18. The molecule has 0 aliphatic heterocycles. The molecule has 1 amide bonds. The summed E-state index contributed by atoms with van der Waals surface area (Å²) in [5.41, 5.74) is 2.12. The predicted molar refractivity (Wildman–Crippen MR) is 87.8 cm³/mol. The highest BCUT2D eigenvalue weighted by molar-refractivity contribution is 5.78. The number of likely N-dealkylation sites (N-methyl/N-ethyl adjacent to an activating group) is 2. The van der Waals surface area contributed by atoms with Crippen LogP contribution in [0, 0.1) is 0 Å². The van der Waals surface area contributed by atoms with Crippen molar-refractivity contribution in [3.63, 3.8) is 0 Å². The van der Waals surface area contributed by atoms with Gasteiger partial charge in [0.05, 0.1) is 18.4 Å². The van der Waals surface area contributed by atoms with E-state index in [9.17, 15) is 4.79 Å². The molecule has 0 unspecified atom stereocenters. The molecule has 0 atom stereocenters. The topological polar surface area (TPSA) is 41.4 Å². The van der Waals surface area contributed by atoms with Crippen LogP contribution >= 0.6 is 0 Å². The summed E-state index contributed by atoms with van der Waals surface area (Å²) in [6, 6.07) is 10.2. The Balaban J connectivity index is 1.94. The quantitative estimate of drug-likeness (QED) is 0.821. The molecule has 2 aromatic rings. The second-order valence-corrected chi connectivity index (χ2v) is 5.90. The van der Waals surface area contributed by atoms with Crippen molar-refractivity contribution in [3.8, 4) is 5.69 Å². The lowest BCUT2D eigenvalue weighted by atomic mass is 10.3. The van der Waals surface area contributed by atoms with E-state index in [1.165, 1.54) is 0 Å². The number of para-hydroxylation sites is 1. The largest absolute Gasteiger partial charge is 0.342 e. The second-order valence-electron chi connectivity index (χ2n) is 5.90. The molecule has 22 heavy (non-hydrogen) atoms. The van der Waals surface area contributed by atoms with Gasteiger partial charge in [0.1, 0.15) is 0 Å². The minimum atomic E-state index is 0.132. The van der Waals surface area contributed by atoms with E-state index in [4.69, 9.17) is 0 Å². The first-order valence-electron chi connectivity index (χ1n) is 7.50. The molecule has 0 saturated heterocycles. The van der Waals surface area contributed by atoms with Crippen LogP contribution in [0.5, 0.6) is 0 Å². The van der Waals surface area contributed by atoms with Gasteiger partial charge in [-0.2, -0.15) is 5.10 Å². The van der Waals surface area contributed by atoms with E-state index < -0.39 is 0 Å². The average molecular weight is 300 g/mol. The van der Waals surface area contributed by atoms with Crippen LogP contribution in [0.15, 0.2) is 42.7 Å². The Kier molecular flexibility index (Phi) is 5.33. The number of hydrogen-bond donors (Lipinski definition) is 0. The first kappa shape index (κ1) is 16.2. The highest BCUT2D eigenvalue weighted by Gasteiger charge is 2.14. The molecule has 1 aromatic heterocycles. The van der Waals surface area contributed by atoms with E-state index in [0.717, 1.165) is 11.3 Å². The first-order valence-corrected chi connectivity index (χ1v) is 7.50. The molecule has 1 aromatic carbocycles. The van der Waals surface area contributed by atoms with E-state index in [0.29, 0.717) is 13.1 Å². The fraction of sp³-hybridized carbons (Fsp3) is 0.412. The van der Waals surface area contributed by atoms with Gasteiger partial charge in [0.25, 0.3) is 0 Å². The lowest BCUT2D eigenvalue weighted by molar-refractivity contribution is -0.132. The summed E-state index contributed by atoms with van der Waals surface area (Å²) in [5, 5.41) is 4.38. The molecule has 0 spiro atoms. The Morgan fingerprint density at radius 1 is 1.23 bits per heavy atom. The van der Waals surface area contributed by atoms with Crippen LogP contribution in [-0.4, -0.2) is 52.2 Å². The number of benzene rings is 1. The summed E-state index contributed by atoms with van der Waals surface area (Å²) in [5.74, 6) is 0.132. The van der Waals surface area contributed by atoms with E-state index in [1.54, 1.807) is 4.90 Å². The van der Waals surface area contributed by atoms with Gasteiger partial charge in [-0.25, -0.2) is 4.68 Å². The lowest BCUT2D eigenvalue weighted by Crippen LogP contribution is -2.39. The Hall–Kier alpha value is -2.14. The number of aromatic nitrogens is 2. The smallest absolute Gasteiger partial charge is 0.236 e. The minimum absolute atomic E-state index is 0.132. The van der Waals surface area contributed by atoms with Crippen molar-refractivity contribution in [2.75, 3.05) is 20.6 Å². The van der Waals surface area contributed by atoms with Crippen molar-refractivity contribution < 1.29 is 4.79 Å².